The first-order chi connectivity index (χ1) is 8.80. The maximum Gasteiger partial charge on any atom is 0.223 e. The van der Waals surface area contributed by atoms with Gasteiger partial charge in [0, 0.05) is 13.6 Å². The van der Waals surface area contributed by atoms with Crippen LogP contribution < -0.4 is 5.73 Å². The lowest BCUT2D eigenvalue weighted by Gasteiger charge is -2.23. The van der Waals surface area contributed by atoms with Crippen molar-refractivity contribution in [2.45, 2.75) is 32.1 Å². The highest BCUT2D eigenvalue weighted by molar-refractivity contribution is 7.92. The third kappa shape index (κ3) is 3.75. The average molecular weight is 300 g/mol. The topological polar surface area (TPSA) is 63.4 Å². The summed E-state index contributed by atoms with van der Waals surface area (Å²) in [5, 5.41) is -0.795. The molecule has 0 saturated carbocycles. The maximum atomic E-state index is 12.4. The molecular weight excluding hydrogens is 280 g/mol. The maximum absolute atomic E-state index is 12.4. The van der Waals surface area contributed by atoms with E-state index in [9.17, 15) is 8.42 Å². The Morgan fingerprint density at radius 3 is 2.47 bits per heavy atom. The summed E-state index contributed by atoms with van der Waals surface area (Å²) in [4.78, 5) is 0.0270. The molecule has 1 aromatic carbocycles. The van der Waals surface area contributed by atoms with Crippen molar-refractivity contribution in [3.05, 3.63) is 35.4 Å². The number of aryl methyl sites for hydroxylation is 1. The first-order valence-electron chi connectivity index (χ1n) is 6.09. The smallest absolute Gasteiger partial charge is 0.223 e. The van der Waals surface area contributed by atoms with Crippen LogP contribution in [0.1, 0.15) is 24.5 Å². The number of sulfonamides is 1. The predicted octanol–water partition coefficient (Wildman–Crippen LogP) is 1.82. The number of nitrogens with two attached hydrogens (primary N) is 1. The zero-order valence-corrected chi connectivity index (χ0v) is 13.1. The summed E-state index contributed by atoms with van der Waals surface area (Å²) in [5.41, 5.74) is 7.56. The van der Waals surface area contributed by atoms with Crippen LogP contribution in [0.3, 0.4) is 0 Å². The third-order valence-corrected chi connectivity index (χ3v) is 5.87. The van der Waals surface area contributed by atoms with E-state index in [0.29, 0.717) is 13.0 Å². The van der Waals surface area contributed by atoms with E-state index >= 15 is 0 Å². The minimum Gasteiger partial charge on any atom is -0.392 e. The lowest BCUT2D eigenvalue weighted by atomic mass is 10.1. The Morgan fingerprint density at radius 2 is 2.00 bits per heavy atom. The van der Waals surface area contributed by atoms with Gasteiger partial charge in [-0.25, -0.2) is 8.42 Å². The highest BCUT2D eigenvalue weighted by Crippen LogP contribution is 2.16. The molecule has 0 spiro atoms. The van der Waals surface area contributed by atoms with E-state index in [1.165, 1.54) is 4.31 Å². The van der Waals surface area contributed by atoms with E-state index in [1.54, 1.807) is 14.0 Å². The van der Waals surface area contributed by atoms with Crippen molar-refractivity contribution in [3.8, 4) is 0 Å². The molecule has 0 heterocycles. The van der Waals surface area contributed by atoms with Crippen LogP contribution in [0.15, 0.2) is 24.3 Å². The molecule has 19 heavy (non-hydrogen) atoms. The summed E-state index contributed by atoms with van der Waals surface area (Å²) in [5.74, 6) is 0. The Balaban J connectivity index is 2.97. The molecular formula is C13H20N2O2S2. The number of nitrogens with zero attached hydrogens (tertiary/aromatic N) is 1. The number of benzene rings is 1. The highest BCUT2D eigenvalue weighted by atomic mass is 32.2. The fourth-order valence-corrected chi connectivity index (χ4v) is 3.89. The summed E-state index contributed by atoms with van der Waals surface area (Å²) >= 11 is 4.85. The molecule has 1 unspecified atom stereocenters. The van der Waals surface area contributed by atoms with E-state index in [1.807, 2.05) is 31.2 Å². The zero-order valence-electron chi connectivity index (χ0n) is 11.5. The van der Waals surface area contributed by atoms with Crippen LogP contribution in [0.25, 0.3) is 0 Å². The first-order valence-corrected chi connectivity index (χ1v) is 8.00. The Hall–Kier alpha value is -0.980. The molecule has 0 radical (unpaired) electrons. The molecule has 0 bridgehead atoms. The van der Waals surface area contributed by atoms with Crippen molar-refractivity contribution in [2.75, 3.05) is 7.05 Å². The second-order valence-corrected chi connectivity index (χ2v) is 7.22. The third-order valence-electron chi connectivity index (χ3n) is 3.14. The first kappa shape index (κ1) is 16.1. The molecule has 0 saturated heterocycles. The van der Waals surface area contributed by atoms with Crippen LogP contribution in [0.2, 0.25) is 0 Å². The SMILES string of the molecule is CCC(C(N)=S)S(=O)(=O)N(C)Cc1ccccc1C. The molecule has 4 nitrogen and oxygen atoms in total. The number of hydrogen-bond donors (Lipinski definition) is 1. The number of hydrogen-bond acceptors (Lipinski definition) is 3. The van der Waals surface area contributed by atoms with E-state index < -0.39 is 15.3 Å². The molecule has 1 atom stereocenters. The van der Waals surface area contributed by atoms with Crippen molar-refractivity contribution in [1.82, 2.24) is 4.31 Å². The summed E-state index contributed by atoms with van der Waals surface area (Å²) in [7, 11) is -1.94. The van der Waals surface area contributed by atoms with Gasteiger partial charge >= 0.3 is 0 Å². The lowest BCUT2D eigenvalue weighted by Crippen LogP contribution is -2.42. The molecule has 0 aliphatic heterocycles. The van der Waals surface area contributed by atoms with Crippen LogP contribution in [-0.4, -0.2) is 30.0 Å². The molecule has 0 amide bonds. The van der Waals surface area contributed by atoms with Crippen LogP contribution >= 0.6 is 12.2 Å². The summed E-state index contributed by atoms with van der Waals surface area (Å²) in [6.07, 6.45) is 0.385. The number of rotatable bonds is 6. The molecule has 0 fully saturated rings. The molecule has 0 aliphatic rings. The Bertz CT molecular complexity index is 556. The van der Waals surface area contributed by atoms with Crippen molar-refractivity contribution in [2.24, 2.45) is 5.73 Å². The summed E-state index contributed by atoms with van der Waals surface area (Å²) in [6, 6.07) is 7.70. The fraction of sp³-hybridized carbons (Fsp3) is 0.462. The van der Waals surface area contributed by atoms with E-state index in [4.69, 9.17) is 18.0 Å². The van der Waals surface area contributed by atoms with Gasteiger partial charge in [0.15, 0.2) is 0 Å². The summed E-state index contributed by atoms with van der Waals surface area (Å²) < 4.78 is 26.1. The van der Waals surface area contributed by atoms with E-state index in [2.05, 4.69) is 0 Å². The van der Waals surface area contributed by atoms with Crippen molar-refractivity contribution < 1.29 is 8.42 Å². The monoisotopic (exact) mass is 300 g/mol. The predicted molar refractivity (Wildman–Crippen MR) is 82.4 cm³/mol. The highest BCUT2D eigenvalue weighted by Gasteiger charge is 2.30. The fourth-order valence-electron chi connectivity index (χ4n) is 1.89. The van der Waals surface area contributed by atoms with Crippen LogP contribution in [0.5, 0.6) is 0 Å². The molecule has 0 aliphatic carbocycles. The summed E-state index contributed by atoms with van der Waals surface area (Å²) in [6.45, 7) is 4.05. The van der Waals surface area contributed by atoms with Gasteiger partial charge < -0.3 is 5.73 Å². The average Bonchev–Trinajstić information content (AvgIpc) is 2.31. The van der Waals surface area contributed by atoms with E-state index in [-0.39, 0.29) is 4.99 Å². The second-order valence-electron chi connectivity index (χ2n) is 4.53. The Labute approximate surface area is 120 Å². The molecule has 106 valence electrons. The molecule has 1 rings (SSSR count). The zero-order chi connectivity index (χ0) is 14.6. The van der Waals surface area contributed by atoms with Crippen LogP contribution in [0, 0.1) is 6.92 Å². The van der Waals surface area contributed by atoms with Gasteiger partial charge in [-0.1, -0.05) is 43.4 Å². The van der Waals surface area contributed by atoms with Gasteiger partial charge in [-0.05, 0) is 24.5 Å². The van der Waals surface area contributed by atoms with Gasteiger partial charge in [0.25, 0.3) is 0 Å². The Morgan fingerprint density at radius 1 is 1.42 bits per heavy atom. The van der Waals surface area contributed by atoms with Gasteiger partial charge in [0.05, 0.1) is 4.99 Å². The standard InChI is InChI=1S/C13H20N2O2S2/c1-4-12(13(14)18)19(16,17)15(3)9-11-8-6-5-7-10(11)2/h5-8,12H,4,9H2,1-3H3,(H2,14,18). The van der Waals surface area contributed by atoms with Crippen LogP contribution in [0.4, 0.5) is 0 Å². The molecule has 6 heteroatoms. The van der Waals surface area contributed by atoms with Gasteiger partial charge in [-0.3, -0.25) is 0 Å². The molecule has 2 N–H and O–H groups in total. The van der Waals surface area contributed by atoms with Crippen molar-refractivity contribution >= 4 is 27.2 Å². The Kier molecular flexibility index (Phi) is 5.46. The normalized spacial score (nSPS) is 13.5. The van der Waals surface area contributed by atoms with Gasteiger partial charge in [0.2, 0.25) is 10.0 Å². The quantitative estimate of drug-likeness (QED) is 0.814. The lowest BCUT2D eigenvalue weighted by molar-refractivity contribution is 0.461. The van der Waals surface area contributed by atoms with E-state index in [0.717, 1.165) is 11.1 Å². The largest absolute Gasteiger partial charge is 0.392 e. The van der Waals surface area contributed by atoms with Crippen molar-refractivity contribution in [1.29, 1.82) is 0 Å². The van der Waals surface area contributed by atoms with Gasteiger partial charge in [-0.15, -0.1) is 0 Å². The number of thiocarbonyl (C=S) groups is 1. The minimum absolute atomic E-state index is 0.0270. The molecule has 0 aromatic heterocycles. The van der Waals surface area contributed by atoms with Gasteiger partial charge in [-0.2, -0.15) is 4.31 Å². The van der Waals surface area contributed by atoms with Gasteiger partial charge in [0.1, 0.15) is 5.25 Å². The second kappa shape index (κ2) is 6.45. The minimum atomic E-state index is -3.50. The van der Waals surface area contributed by atoms with Crippen molar-refractivity contribution in [3.63, 3.8) is 0 Å². The molecule has 1 aromatic rings. The van der Waals surface area contributed by atoms with Crippen LogP contribution in [-0.2, 0) is 16.6 Å².